The summed E-state index contributed by atoms with van der Waals surface area (Å²) in [5.74, 6) is 1.29. The van der Waals surface area contributed by atoms with Crippen LogP contribution in [0.4, 0.5) is 0 Å². The summed E-state index contributed by atoms with van der Waals surface area (Å²) in [6.45, 7) is -0.0723. The first-order valence-corrected chi connectivity index (χ1v) is 7.21. The van der Waals surface area contributed by atoms with E-state index in [1.54, 1.807) is 30.1 Å². The fourth-order valence-electron chi connectivity index (χ4n) is 2.38. The molecular weight excluding hydrogens is 262 g/mol. The standard InChI is InChI=1S/C14H14NO3S/c16-12-9-14-15(12,7-4-8-19-14)13(17)10-18-11-5-2-1-3-6-11/h1-7,14H,8-10H2/q+1/t14-,15?/m0/s1. The van der Waals surface area contributed by atoms with Gasteiger partial charge in [0.2, 0.25) is 6.61 Å². The van der Waals surface area contributed by atoms with Crippen LogP contribution in [0.15, 0.2) is 42.6 Å². The Hall–Kier alpha value is -1.59. The number of nitrogens with zero attached hydrogens (tertiary/aromatic N) is 1. The van der Waals surface area contributed by atoms with Crippen LogP contribution in [-0.2, 0) is 9.59 Å². The van der Waals surface area contributed by atoms with Crippen LogP contribution in [0.25, 0.3) is 0 Å². The molecule has 1 fully saturated rings. The average molecular weight is 276 g/mol. The molecule has 0 aromatic heterocycles. The molecule has 5 heteroatoms. The lowest BCUT2D eigenvalue weighted by Crippen LogP contribution is -2.69. The normalized spacial score (nSPS) is 28.4. The predicted octanol–water partition coefficient (Wildman–Crippen LogP) is 1.93. The molecule has 3 rings (SSSR count). The molecule has 2 aliphatic rings. The summed E-state index contributed by atoms with van der Waals surface area (Å²) in [7, 11) is 0. The number of rotatable bonds is 3. The maximum atomic E-state index is 12.3. The number of carbonyl (C=O) groups excluding carboxylic acids is 2. The summed E-state index contributed by atoms with van der Waals surface area (Å²) >= 11 is 1.65. The van der Waals surface area contributed by atoms with Gasteiger partial charge in [0.15, 0.2) is 5.37 Å². The lowest BCUT2D eigenvalue weighted by Gasteiger charge is -2.44. The number of fused-ring (bicyclic) bond motifs is 1. The highest BCUT2D eigenvalue weighted by Crippen LogP contribution is 2.41. The fourth-order valence-corrected chi connectivity index (χ4v) is 3.60. The molecule has 0 radical (unpaired) electrons. The van der Waals surface area contributed by atoms with Crippen LogP contribution in [0.2, 0.25) is 0 Å². The first-order chi connectivity index (χ1) is 9.23. The van der Waals surface area contributed by atoms with E-state index >= 15 is 0 Å². The second kappa shape index (κ2) is 4.83. The van der Waals surface area contributed by atoms with Gasteiger partial charge in [-0.15, -0.1) is 0 Å². The molecule has 0 aliphatic carbocycles. The maximum Gasteiger partial charge on any atom is 0.364 e. The minimum atomic E-state index is -0.187. The van der Waals surface area contributed by atoms with Crippen molar-refractivity contribution in [2.75, 3.05) is 12.4 Å². The number of ether oxygens (including phenoxy) is 1. The number of carbonyl (C=O) groups is 2. The Morgan fingerprint density at radius 3 is 2.84 bits per heavy atom. The molecule has 0 N–H and O–H groups in total. The van der Waals surface area contributed by atoms with Crippen LogP contribution in [0.1, 0.15) is 6.42 Å². The van der Waals surface area contributed by atoms with Crippen LogP contribution < -0.4 is 4.74 Å². The molecule has 19 heavy (non-hydrogen) atoms. The number of para-hydroxylation sites is 1. The van der Waals surface area contributed by atoms with Crippen molar-refractivity contribution < 1.29 is 18.8 Å². The number of thioether (sulfide) groups is 1. The molecule has 0 bridgehead atoms. The van der Waals surface area contributed by atoms with Crippen molar-refractivity contribution in [3.63, 3.8) is 0 Å². The Morgan fingerprint density at radius 2 is 2.16 bits per heavy atom. The zero-order valence-corrected chi connectivity index (χ0v) is 11.1. The Morgan fingerprint density at radius 1 is 1.37 bits per heavy atom. The van der Waals surface area contributed by atoms with E-state index < -0.39 is 0 Å². The fraction of sp³-hybridized carbons (Fsp3) is 0.286. The second-order valence-electron chi connectivity index (χ2n) is 4.54. The highest BCUT2D eigenvalue weighted by molar-refractivity contribution is 8.00. The van der Waals surface area contributed by atoms with Gasteiger partial charge in [0, 0.05) is 5.75 Å². The van der Waals surface area contributed by atoms with Gasteiger partial charge in [-0.2, -0.15) is 4.48 Å². The van der Waals surface area contributed by atoms with Gasteiger partial charge in [0.1, 0.15) is 18.4 Å². The van der Waals surface area contributed by atoms with Gasteiger partial charge in [-0.05, 0) is 18.2 Å². The smallest absolute Gasteiger partial charge is 0.364 e. The van der Waals surface area contributed by atoms with Crippen molar-refractivity contribution in [2.24, 2.45) is 0 Å². The van der Waals surface area contributed by atoms with Crippen LogP contribution in [0.3, 0.4) is 0 Å². The summed E-state index contributed by atoms with van der Waals surface area (Å²) in [4.78, 5) is 24.2. The maximum absolute atomic E-state index is 12.3. The van der Waals surface area contributed by atoms with E-state index in [9.17, 15) is 9.59 Å². The number of hydrogen-bond acceptors (Lipinski definition) is 4. The molecule has 1 saturated heterocycles. The minimum Gasteiger partial charge on any atom is -0.479 e. The molecule has 0 spiro atoms. The third-order valence-corrected chi connectivity index (χ3v) is 4.73. The largest absolute Gasteiger partial charge is 0.479 e. The molecule has 4 nitrogen and oxygen atoms in total. The van der Waals surface area contributed by atoms with E-state index in [0.29, 0.717) is 12.2 Å². The zero-order valence-electron chi connectivity index (χ0n) is 10.3. The second-order valence-corrected chi connectivity index (χ2v) is 5.75. The Balaban J connectivity index is 1.72. The van der Waals surface area contributed by atoms with Crippen molar-refractivity contribution in [1.29, 1.82) is 0 Å². The molecule has 1 unspecified atom stereocenters. The van der Waals surface area contributed by atoms with Gasteiger partial charge in [-0.25, -0.2) is 9.59 Å². The third kappa shape index (κ3) is 1.99. The van der Waals surface area contributed by atoms with Crippen LogP contribution in [0.5, 0.6) is 5.75 Å². The predicted molar refractivity (Wildman–Crippen MR) is 72.2 cm³/mol. The number of benzene rings is 1. The van der Waals surface area contributed by atoms with Crippen LogP contribution >= 0.6 is 11.8 Å². The molecule has 1 aromatic carbocycles. The van der Waals surface area contributed by atoms with Crippen LogP contribution in [-0.4, -0.2) is 34.0 Å². The quantitative estimate of drug-likeness (QED) is 0.625. The number of β-lactam (4-membered cyclic amide) rings is 1. The van der Waals surface area contributed by atoms with E-state index in [2.05, 4.69) is 0 Å². The summed E-state index contributed by atoms with van der Waals surface area (Å²) in [6, 6.07) is 9.17. The van der Waals surface area contributed by atoms with E-state index in [4.69, 9.17) is 4.74 Å². The Labute approximate surface area is 115 Å². The molecule has 2 heterocycles. The van der Waals surface area contributed by atoms with Gasteiger partial charge in [-0.1, -0.05) is 30.0 Å². The highest BCUT2D eigenvalue weighted by atomic mass is 32.2. The summed E-state index contributed by atoms with van der Waals surface area (Å²) in [6.07, 6.45) is 4.09. The molecule has 2 atom stereocenters. The SMILES string of the molecule is O=C(COc1ccccc1)[N+]12C=CCS[C@H]1CC2=O. The zero-order chi connectivity index (χ0) is 13.3. The highest BCUT2D eigenvalue weighted by Gasteiger charge is 2.61. The number of quaternary nitrogens is 1. The Bertz CT molecular complexity index is 543. The van der Waals surface area contributed by atoms with Gasteiger partial charge >= 0.3 is 11.8 Å². The lowest BCUT2D eigenvalue weighted by molar-refractivity contribution is -0.767. The number of imide groups is 1. The average Bonchev–Trinajstić information content (AvgIpc) is 2.45. The Kier molecular flexibility index (Phi) is 3.16. The van der Waals surface area contributed by atoms with Crippen molar-refractivity contribution in [2.45, 2.75) is 11.8 Å². The number of amides is 2. The molecular formula is C14H14NO3S+. The van der Waals surface area contributed by atoms with Crippen molar-refractivity contribution in [3.8, 4) is 5.75 Å². The molecule has 2 amide bonds. The first-order valence-electron chi connectivity index (χ1n) is 6.16. The molecule has 2 aliphatic heterocycles. The van der Waals surface area contributed by atoms with Crippen molar-refractivity contribution in [1.82, 2.24) is 0 Å². The van der Waals surface area contributed by atoms with Crippen molar-refractivity contribution in [3.05, 3.63) is 42.6 Å². The van der Waals surface area contributed by atoms with Gasteiger partial charge in [-0.3, -0.25) is 0 Å². The lowest BCUT2D eigenvalue weighted by atomic mass is 10.1. The molecule has 98 valence electrons. The third-order valence-electron chi connectivity index (χ3n) is 3.46. The van der Waals surface area contributed by atoms with Gasteiger partial charge in [0.25, 0.3) is 0 Å². The summed E-state index contributed by atoms with van der Waals surface area (Å²) < 4.78 is 5.29. The molecule has 0 saturated carbocycles. The van der Waals surface area contributed by atoms with E-state index in [0.717, 1.165) is 5.75 Å². The topological polar surface area (TPSA) is 43.4 Å². The van der Waals surface area contributed by atoms with Gasteiger partial charge in [0.05, 0.1) is 0 Å². The monoisotopic (exact) mass is 276 g/mol. The van der Waals surface area contributed by atoms with E-state index in [1.165, 1.54) is 0 Å². The van der Waals surface area contributed by atoms with Crippen molar-refractivity contribution >= 4 is 23.6 Å². The van der Waals surface area contributed by atoms with E-state index in [-0.39, 0.29) is 28.3 Å². The van der Waals surface area contributed by atoms with E-state index in [1.807, 2.05) is 24.3 Å². The minimum absolute atomic E-state index is 0.0323. The summed E-state index contributed by atoms with van der Waals surface area (Å²) in [5.41, 5.74) is 0. The number of hydrogen-bond donors (Lipinski definition) is 0. The summed E-state index contributed by atoms with van der Waals surface area (Å²) in [5, 5.41) is 0.0457. The van der Waals surface area contributed by atoms with Gasteiger partial charge < -0.3 is 4.74 Å². The molecule has 1 aromatic rings. The first kappa shape index (κ1) is 12.4. The van der Waals surface area contributed by atoms with Crippen LogP contribution in [0, 0.1) is 0 Å².